The monoisotopic (exact) mass is 210 g/mol. The van der Waals surface area contributed by atoms with Gasteiger partial charge < -0.3 is 0 Å². The average Bonchev–Trinajstić information content (AvgIpc) is 2.14. The molecule has 11 nitrogen and oxygen atoms in total. The number of carbonyl (C=O) groups is 3. The number of hydrogen-bond donors (Lipinski definition) is 2. The number of hydrogen-bond acceptors (Lipinski definition) is 5. The number of rotatable bonds is 2. The van der Waals surface area contributed by atoms with Gasteiger partial charge in [0, 0.05) is 9.82 Å². The van der Waals surface area contributed by atoms with Crippen molar-refractivity contribution in [3.8, 4) is 0 Å². The van der Waals surface area contributed by atoms with Crippen LogP contribution in [0.2, 0.25) is 0 Å². The van der Waals surface area contributed by atoms with Gasteiger partial charge in [0.15, 0.2) is 0 Å². The fraction of sp³-hybridized carbons (Fsp3) is 0.250. The lowest BCUT2D eigenvalue weighted by Crippen LogP contribution is -2.64. The van der Waals surface area contributed by atoms with Crippen molar-refractivity contribution in [2.45, 2.75) is 5.66 Å². The van der Waals surface area contributed by atoms with Crippen molar-refractivity contribution in [2.24, 2.45) is 10.2 Å². The van der Waals surface area contributed by atoms with Crippen LogP contribution in [0.5, 0.6) is 0 Å². The summed E-state index contributed by atoms with van der Waals surface area (Å²) in [6, 6.07) is -1.08. The first kappa shape index (κ1) is 10.3. The summed E-state index contributed by atoms with van der Waals surface area (Å²) < 4.78 is 0. The second kappa shape index (κ2) is 3.54. The average molecular weight is 210 g/mol. The molecule has 1 fully saturated rings. The van der Waals surface area contributed by atoms with Crippen LogP contribution in [0.4, 0.5) is 4.79 Å². The second-order valence-electron chi connectivity index (χ2n) is 2.29. The van der Waals surface area contributed by atoms with E-state index in [0.29, 0.717) is 0 Å². The molecule has 1 aliphatic rings. The number of nitrogens with zero attached hydrogens (tertiary/aromatic N) is 6. The maximum absolute atomic E-state index is 11.2. The predicted molar refractivity (Wildman–Crippen MR) is 42.7 cm³/mol. The fourth-order valence-electron chi connectivity index (χ4n) is 0.846. The van der Waals surface area contributed by atoms with Crippen LogP contribution in [0.15, 0.2) is 10.2 Å². The van der Waals surface area contributed by atoms with E-state index < -0.39 is 23.5 Å². The van der Waals surface area contributed by atoms with Crippen molar-refractivity contribution in [3.63, 3.8) is 0 Å². The van der Waals surface area contributed by atoms with Crippen molar-refractivity contribution in [3.05, 3.63) is 20.9 Å². The normalized spacial score (nSPS) is 18.0. The van der Waals surface area contributed by atoms with Gasteiger partial charge in [-0.05, 0) is 11.1 Å². The molecule has 0 saturated carbocycles. The fourth-order valence-corrected chi connectivity index (χ4v) is 0.846. The standard InChI is InChI=1S/C4H2N8O3/c5-11-9-4(10-12-6)1(13)7-3(15)8-2(4)14/h(H2,7,8,13,14,15). The lowest BCUT2D eigenvalue weighted by molar-refractivity contribution is -0.137. The van der Waals surface area contributed by atoms with Gasteiger partial charge in [-0.15, -0.1) is 0 Å². The number of azide groups is 1. The molecule has 76 valence electrons. The molecule has 15 heavy (non-hydrogen) atoms. The highest BCUT2D eigenvalue weighted by Crippen LogP contribution is 2.17. The minimum Gasteiger partial charge on any atom is -0.277 e. The molecule has 1 heterocycles. The molecule has 0 aromatic carbocycles. The Bertz CT molecular complexity index is 401. The molecule has 0 atom stereocenters. The van der Waals surface area contributed by atoms with Crippen LogP contribution in [0, 0.1) is 0 Å². The van der Waals surface area contributed by atoms with Crippen LogP contribution in [-0.2, 0) is 9.59 Å². The third kappa shape index (κ3) is 1.50. The number of amides is 4. The first-order valence-electron chi connectivity index (χ1n) is 3.36. The van der Waals surface area contributed by atoms with Crippen molar-refractivity contribution in [1.29, 1.82) is 0 Å². The van der Waals surface area contributed by atoms with Gasteiger partial charge in [-0.2, -0.15) is 0 Å². The quantitative estimate of drug-likeness (QED) is 0.275. The van der Waals surface area contributed by atoms with Crippen molar-refractivity contribution < 1.29 is 14.4 Å². The maximum atomic E-state index is 11.2. The van der Waals surface area contributed by atoms with E-state index >= 15 is 0 Å². The van der Waals surface area contributed by atoms with Gasteiger partial charge in [-0.1, -0.05) is 10.2 Å². The summed E-state index contributed by atoms with van der Waals surface area (Å²) in [5, 5.41) is 8.83. The van der Waals surface area contributed by atoms with Gasteiger partial charge in [0.1, 0.15) is 0 Å². The molecule has 0 spiro atoms. The molecule has 11 heteroatoms. The Balaban J connectivity index is 3.32. The number of barbiturate groups is 1. The maximum Gasteiger partial charge on any atom is 0.328 e. The summed E-state index contributed by atoms with van der Waals surface area (Å²) in [4.78, 5) is 37.4. The lowest BCUT2D eigenvalue weighted by atomic mass is 10.1. The van der Waals surface area contributed by atoms with E-state index in [2.05, 4.69) is 20.1 Å². The zero-order valence-corrected chi connectivity index (χ0v) is 6.91. The Labute approximate surface area is 80.7 Å². The second-order valence-corrected chi connectivity index (χ2v) is 2.29. The highest BCUT2D eigenvalue weighted by Gasteiger charge is 2.50. The highest BCUT2D eigenvalue weighted by atomic mass is 16.2. The Morgan fingerprint density at radius 3 is 1.73 bits per heavy atom. The third-order valence-corrected chi connectivity index (χ3v) is 1.47. The molecule has 1 rings (SSSR count). The zero-order chi connectivity index (χ0) is 11.5. The number of imide groups is 2. The molecular weight excluding hydrogens is 208 g/mol. The minimum absolute atomic E-state index is 1.08. The molecule has 1 aliphatic heterocycles. The van der Waals surface area contributed by atoms with E-state index in [1.54, 1.807) is 10.6 Å². The van der Waals surface area contributed by atoms with Gasteiger partial charge in [0.05, 0.1) is 0 Å². The molecule has 0 aliphatic carbocycles. The van der Waals surface area contributed by atoms with E-state index in [4.69, 9.17) is 11.1 Å². The van der Waals surface area contributed by atoms with E-state index in [0.717, 1.165) is 0 Å². The minimum atomic E-state index is -2.63. The summed E-state index contributed by atoms with van der Waals surface area (Å²) in [6.45, 7) is 0. The van der Waals surface area contributed by atoms with Crippen molar-refractivity contribution >= 4 is 17.8 Å². The summed E-state index contributed by atoms with van der Waals surface area (Å²) in [5.41, 5.74) is 13.7. The third-order valence-electron chi connectivity index (χ3n) is 1.47. The molecule has 0 aromatic rings. The first-order valence-corrected chi connectivity index (χ1v) is 3.36. The van der Waals surface area contributed by atoms with Gasteiger partial charge >= 0.3 is 6.03 Å². The summed E-state index contributed by atoms with van der Waals surface area (Å²) >= 11 is 0. The van der Waals surface area contributed by atoms with Crippen molar-refractivity contribution in [2.75, 3.05) is 0 Å². The smallest absolute Gasteiger partial charge is 0.277 e. The number of urea groups is 1. The highest BCUT2D eigenvalue weighted by molar-refractivity contribution is 6.22. The molecule has 1 saturated heterocycles. The summed E-state index contributed by atoms with van der Waals surface area (Å²) in [6.07, 6.45) is 0. The van der Waals surface area contributed by atoms with Crippen LogP contribution in [-0.4, -0.2) is 23.5 Å². The van der Waals surface area contributed by atoms with Gasteiger partial charge in [-0.3, -0.25) is 20.2 Å². The van der Waals surface area contributed by atoms with Crippen LogP contribution in [0.25, 0.3) is 20.9 Å². The molecule has 0 bridgehead atoms. The Kier molecular flexibility index (Phi) is 2.43. The van der Waals surface area contributed by atoms with Crippen LogP contribution >= 0.6 is 0 Å². The molecule has 0 unspecified atom stereocenters. The summed E-state index contributed by atoms with van der Waals surface area (Å²) in [5.74, 6) is -2.60. The Morgan fingerprint density at radius 2 is 1.40 bits per heavy atom. The first-order chi connectivity index (χ1) is 7.06. The Hall–Kier alpha value is -2.77. The molecule has 0 aromatic heterocycles. The topological polar surface area (TPSA) is 173 Å². The van der Waals surface area contributed by atoms with E-state index in [-0.39, 0.29) is 0 Å². The van der Waals surface area contributed by atoms with Crippen LogP contribution in [0.3, 0.4) is 0 Å². The molecular formula is C4H2N8O3. The van der Waals surface area contributed by atoms with Gasteiger partial charge in [-0.25, -0.2) is 4.79 Å². The van der Waals surface area contributed by atoms with Gasteiger partial charge in [0.2, 0.25) is 0 Å². The Morgan fingerprint density at radius 1 is 1.00 bits per heavy atom. The van der Waals surface area contributed by atoms with E-state index in [9.17, 15) is 14.4 Å². The largest absolute Gasteiger partial charge is 0.328 e. The van der Waals surface area contributed by atoms with Crippen molar-refractivity contribution in [1.82, 2.24) is 10.6 Å². The van der Waals surface area contributed by atoms with E-state index in [1.165, 1.54) is 0 Å². The zero-order valence-electron chi connectivity index (χ0n) is 6.91. The predicted octanol–water partition coefficient (Wildman–Crippen LogP) is -0.331. The number of nitrogens with one attached hydrogen (secondary N) is 2. The summed E-state index contributed by atoms with van der Waals surface area (Å²) in [7, 11) is 0. The van der Waals surface area contributed by atoms with Gasteiger partial charge in [0.25, 0.3) is 17.5 Å². The lowest BCUT2D eigenvalue weighted by Gasteiger charge is -2.24. The molecule has 2 N–H and O–H groups in total. The van der Waals surface area contributed by atoms with Crippen LogP contribution in [0.1, 0.15) is 0 Å². The molecule has 0 radical (unpaired) electrons. The van der Waals surface area contributed by atoms with Crippen LogP contribution < -0.4 is 10.6 Å². The SMILES string of the molecule is [N-]=[N+]=NC1(N=[N+]=[N-])C(=O)NC(=O)NC1=O. The molecule has 4 amide bonds. The number of carbonyl (C=O) groups excluding carboxylic acids is 3. The van der Waals surface area contributed by atoms with E-state index in [1.807, 2.05) is 0 Å².